The molecule has 110 valence electrons. The summed E-state index contributed by atoms with van der Waals surface area (Å²) in [7, 11) is 0. The largest absolute Gasteiger partial charge is 0.389 e. The average molecular weight is 296 g/mol. The number of nitrogens with one attached hydrogen (secondary N) is 1. The summed E-state index contributed by atoms with van der Waals surface area (Å²) in [6.07, 6.45) is -4.93. The molecule has 1 N–H and O–H groups in total. The van der Waals surface area contributed by atoms with E-state index in [4.69, 9.17) is 11.6 Å². The second-order valence-corrected chi connectivity index (χ2v) is 4.07. The maximum atomic E-state index is 12.2. The molecule has 0 fully saturated rings. The van der Waals surface area contributed by atoms with E-state index in [9.17, 15) is 13.2 Å². The molecule has 0 aromatic heterocycles. The average Bonchev–Trinajstić information content (AvgIpc) is 2.75. The van der Waals surface area contributed by atoms with Gasteiger partial charge in [-0.05, 0) is 23.8 Å². The minimum absolute atomic E-state index is 0.329. The summed E-state index contributed by atoms with van der Waals surface area (Å²) in [4.78, 5) is 0. The first-order valence-electron chi connectivity index (χ1n) is 6.56. The van der Waals surface area contributed by atoms with Crippen molar-refractivity contribution in [3.8, 4) is 0 Å². The molecule has 0 amide bonds. The van der Waals surface area contributed by atoms with Crippen LogP contribution in [0, 0.1) is 0 Å². The third kappa shape index (κ3) is 5.72. The van der Waals surface area contributed by atoms with Crippen molar-refractivity contribution < 1.29 is 13.2 Å². The van der Waals surface area contributed by atoms with E-state index in [1.165, 1.54) is 0 Å². The van der Waals surface area contributed by atoms with Crippen molar-refractivity contribution in [2.75, 3.05) is 11.9 Å². The zero-order chi connectivity index (χ0) is 15.1. The molecule has 0 aliphatic carbocycles. The van der Waals surface area contributed by atoms with Crippen LogP contribution in [0.2, 0.25) is 5.02 Å². The number of halogens is 4. The molecule has 1 aliphatic rings. The molecule has 1 aliphatic heterocycles. The zero-order valence-electron chi connectivity index (χ0n) is 11.7. The number of hydrogen-bond acceptors (Lipinski definition) is 1. The number of benzene rings is 1. The highest BCUT2D eigenvalue weighted by Gasteiger charge is 2.35. The van der Waals surface area contributed by atoms with Crippen molar-refractivity contribution in [2.24, 2.45) is 0 Å². The number of alkyl halides is 3. The molecule has 0 saturated carbocycles. The first kappa shape index (κ1) is 18.1. The van der Waals surface area contributed by atoms with Gasteiger partial charge in [-0.2, -0.15) is 13.2 Å². The molecule has 1 nitrogen and oxygen atoms in total. The molecule has 0 bridgehead atoms. The van der Waals surface area contributed by atoms with Gasteiger partial charge in [-0.25, -0.2) is 0 Å². The Balaban J connectivity index is 0.000000741. The Morgan fingerprint density at radius 1 is 1.21 bits per heavy atom. The van der Waals surface area contributed by atoms with Gasteiger partial charge in [-0.3, -0.25) is 0 Å². The Morgan fingerprint density at radius 2 is 1.79 bits per heavy atom. The molecule has 1 aromatic rings. The van der Waals surface area contributed by atoms with E-state index in [0.717, 1.165) is 5.69 Å². The van der Waals surface area contributed by atoms with E-state index < -0.39 is 18.5 Å². The predicted octanol–water partition coefficient (Wildman–Crippen LogP) is 5.85. The van der Waals surface area contributed by atoms with Crippen molar-refractivity contribution in [3.05, 3.63) is 28.8 Å². The number of rotatable bonds is 1. The van der Waals surface area contributed by atoms with Crippen LogP contribution in [0.5, 0.6) is 0 Å². The smallest absolute Gasteiger partial charge is 0.384 e. The third-order valence-electron chi connectivity index (χ3n) is 2.47. The molecule has 0 spiro atoms. The van der Waals surface area contributed by atoms with Crippen LogP contribution < -0.4 is 5.32 Å². The van der Waals surface area contributed by atoms with Crippen molar-refractivity contribution >= 4 is 17.3 Å². The van der Waals surface area contributed by atoms with Crippen LogP contribution in [0.3, 0.4) is 0 Å². The fourth-order valence-corrected chi connectivity index (χ4v) is 2.02. The number of hydrogen-bond donors (Lipinski definition) is 1. The van der Waals surface area contributed by atoms with Gasteiger partial charge in [0.2, 0.25) is 0 Å². The Morgan fingerprint density at radius 3 is 2.32 bits per heavy atom. The molecular weight excluding hydrogens is 275 g/mol. The van der Waals surface area contributed by atoms with Gasteiger partial charge in [-0.1, -0.05) is 39.3 Å². The van der Waals surface area contributed by atoms with Gasteiger partial charge < -0.3 is 5.32 Å². The first-order valence-corrected chi connectivity index (χ1v) is 6.93. The normalized spacial score (nSPS) is 16.3. The molecule has 1 heterocycles. The van der Waals surface area contributed by atoms with Crippen LogP contribution in [0.1, 0.15) is 45.6 Å². The molecule has 1 unspecified atom stereocenters. The van der Waals surface area contributed by atoms with Gasteiger partial charge in [0.05, 0.1) is 6.42 Å². The van der Waals surface area contributed by atoms with Crippen molar-refractivity contribution in [1.29, 1.82) is 0 Å². The fourth-order valence-electron chi connectivity index (χ4n) is 1.84. The standard InChI is InChI=1S/C10H9ClF3N.2C2H6/c11-7-1-2-9-8(3-7)6(5-15-9)4-10(12,13)14;2*1-2/h1-3,6,15H,4-5H2;2*1-2H3. The minimum Gasteiger partial charge on any atom is -0.384 e. The highest BCUT2D eigenvalue weighted by atomic mass is 35.5. The summed E-state index contributed by atoms with van der Waals surface area (Å²) >= 11 is 5.75. The topological polar surface area (TPSA) is 12.0 Å². The number of fused-ring (bicyclic) bond motifs is 1. The van der Waals surface area contributed by atoms with Gasteiger partial charge in [0, 0.05) is 23.2 Å². The Bertz CT molecular complexity index is 377. The van der Waals surface area contributed by atoms with E-state index >= 15 is 0 Å². The molecule has 1 aromatic carbocycles. The van der Waals surface area contributed by atoms with Crippen LogP contribution in [-0.4, -0.2) is 12.7 Å². The van der Waals surface area contributed by atoms with Crippen molar-refractivity contribution in [3.63, 3.8) is 0 Å². The minimum atomic E-state index is -4.13. The first-order chi connectivity index (χ1) is 8.96. The quantitative estimate of drug-likeness (QED) is 0.685. The highest BCUT2D eigenvalue weighted by Crippen LogP contribution is 2.39. The fraction of sp³-hybridized carbons (Fsp3) is 0.571. The summed E-state index contributed by atoms with van der Waals surface area (Å²) in [6.45, 7) is 8.33. The summed E-state index contributed by atoms with van der Waals surface area (Å²) < 4.78 is 36.7. The van der Waals surface area contributed by atoms with Crippen molar-refractivity contribution in [2.45, 2.75) is 46.2 Å². The molecule has 5 heteroatoms. The lowest BCUT2D eigenvalue weighted by Crippen LogP contribution is -2.15. The van der Waals surface area contributed by atoms with Crippen molar-refractivity contribution in [1.82, 2.24) is 0 Å². The summed E-state index contributed by atoms with van der Waals surface area (Å²) in [5.74, 6) is -0.515. The van der Waals surface area contributed by atoms with E-state index in [2.05, 4.69) is 5.32 Å². The maximum absolute atomic E-state index is 12.2. The Kier molecular flexibility index (Phi) is 7.91. The van der Waals surface area contributed by atoms with Crippen LogP contribution in [0.4, 0.5) is 18.9 Å². The van der Waals surface area contributed by atoms with Crippen LogP contribution in [0.25, 0.3) is 0 Å². The van der Waals surface area contributed by atoms with Gasteiger partial charge in [0.25, 0.3) is 0 Å². The zero-order valence-corrected chi connectivity index (χ0v) is 12.5. The van der Waals surface area contributed by atoms with E-state index in [-0.39, 0.29) is 0 Å². The van der Waals surface area contributed by atoms with Crippen LogP contribution in [0.15, 0.2) is 18.2 Å². The molecular formula is C14H21ClF3N. The molecule has 0 saturated heterocycles. The van der Waals surface area contributed by atoms with Gasteiger partial charge >= 0.3 is 6.18 Å². The Hall–Kier alpha value is -0.900. The lowest BCUT2D eigenvalue weighted by atomic mass is 9.98. The third-order valence-corrected chi connectivity index (χ3v) is 2.71. The molecule has 0 radical (unpaired) electrons. The van der Waals surface area contributed by atoms with Crippen LogP contribution in [-0.2, 0) is 0 Å². The SMILES string of the molecule is CC.CC.FC(F)(F)CC1CNc2ccc(Cl)cc21. The maximum Gasteiger partial charge on any atom is 0.389 e. The lowest BCUT2D eigenvalue weighted by molar-refractivity contribution is -0.137. The number of anilines is 1. The van der Waals surface area contributed by atoms with Gasteiger partial charge in [-0.15, -0.1) is 0 Å². The highest BCUT2D eigenvalue weighted by molar-refractivity contribution is 6.30. The van der Waals surface area contributed by atoms with Gasteiger partial charge in [0.1, 0.15) is 0 Å². The molecule has 1 atom stereocenters. The molecule has 19 heavy (non-hydrogen) atoms. The predicted molar refractivity (Wildman–Crippen MR) is 76.1 cm³/mol. The lowest BCUT2D eigenvalue weighted by Gasteiger charge is -2.12. The van der Waals surface area contributed by atoms with E-state index in [0.29, 0.717) is 17.1 Å². The summed E-state index contributed by atoms with van der Waals surface area (Å²) in [5.41, 5.74) is 1.42. The van der Waals surface area contributed by atoms with E-state index in [1.54, 1.807) is 18.2 Å². The second-order valence-electron chi connectivity index (χ2n) is 3.63. The Labute approximate surface area is 118 Å². The summed E-state index contributed by atoms with van der Waals surface area (Å²) in [5, 5.41) is 3.42. The molecule has 2 rings (SSSR count). The van der Waals surface area contributed by atoms with Gasteiger partial charge in [0.15, 0.2) is 0 Å². The van der Waals surface area contributed by atoms with Crippen LogP contribution >= 0.6 is 11.6 Å². The van der Waals surface area contributed by atoms with E-state index in [1.807, 2.05) is 27.7 Å². The summed E-state index contributed by atoms with van der Waals surface area (Å²) in [6, 6.07) is 4.99. The second kappa shape index (κ2) is 8.31. The monoisotopic (exact) mass is 295 g/mol.